The number of amidine groups is 1. The molecular formula is C15H12N4O5S2. The standard InChI is InChI=1S/C15H12N4O5S2/c20-15(10-3-4-13-18-26(21,22)7-5-19(13)8-10)23-9-12-16-14(24-17-12)11-2-1-6-25-11/h1-4,6,8H,5,7,9H2. The number of nitrogens with zero attached hydrogens (tertiary/aromatic N) is 4. The third-order valence-corrected chi connectivity index (χ3v) is 5.61. The van der Waals surface area contributed by atoms with Crippen molar-refractivity contribution < 1.29 is 22.5 Å². The molecule has 2 aliphatic rings. The summed E-state index contributed by atoms with van der Waals surface area (Å²) in [6.07, 6.45) is 4.45. The van der Waals surface area contributed by atoms with Crippen molar-refractivity contribution in [3.63, 3.8) is 0 Å². The van der Waals surface area contributed by atoms with Crippen LogP contribution >= 0.6 is 11.3 Å². The third-order valence-electron chi connectivity index (χ3n) is 3.59. The molecule has 4 rings (SSSR count). The third kappa shape index (κ3) is 3.44. The highest BCUT2D eigenvalue weighted by Gasteiger charge is 2.25. The van der Waals surface area contributed by atoms with E-state index in [1.54, 1.807) is 4.90 Å². The van der Waals surface area contributed by atoms with Crippen LogP contribution in [0.1, 0.15) is 5.82 Å². The van der Waals surface area contributed by atoms with Crippen molar-refractivity contribution in [2.45, 2.75) is 6.61 Å². The van der Waals surface area contributed by atoms with Crippen LogP contribution in [0.4, 0.5) is 0 Å². The van der Waals surface area contributed by atoms with Gasteiger partial charge in [0, 0.05) is 12.7 Å². The molecule has 0 unspecified atom stereocenters. The van der Waals surface area contributed by atoms with E-state index < -0.39 is 16.0 Å². The van der Waals surface area contributed by atoms with Gasteiger partial charge in [-0.1, -0.05) is 11.2 Å². The van der Waals surface area contributed by atoms with Crippen molar-refractivity contribution in [3.05, 3.63) is 47.3 Å². The zero-order valence-electron chi connectivity index (χ0n) is 13.2. The van der Waals surface area contributed by atoms with Crippen LogP contribution in [0.2, 0.25) is 0 Å². The molecule has 2 aromatic heterocycles. The van der Waals surface area contributed by atoms with Crippen molar-refractivity contribution in [2.24, 2.45) is 4.40 Å². The van der Waals surface area contributed by atoms with Crippen LogP contribution in [-0.4, -0.2) is 47.6 Å². The number of sulfonamides is 1. The number of thiophene rings is 1. The Morgan fingerprint density at radius 2 is 2.27 bits per heavy atom. The number of rotatable bonds is 4. The topological polar surface area (TPSA) is 115 Å². The highest BCUT2D eigenvalue weighted by Crippen LogP contribution is 2.22. The quantitative estimate of drug-likeness (QED) is 0.716. The van der Waals surface area contributed by atoms with E-state index in [1.165, 1.54) is 29.7 Å². The molecule has 0 spiro atoms. The second-order valence-corrected chi connectivity index (χ2v) is 8.12. The number of ether oxygens (including phenoxy) is 1. The molecule has 134 valence electrons. The van der Waals surface area contributed by atoms with Crippen LogP contribution < -0.4 is 0 Å². The summed E-state index contributed by atoms with van der Waals surface area (Å²) < 4.78 is 36.9. The van der Waals surface area contributed by atoms with E-state index in [9.17, 15) is 13.2 Å². The largest absolute Gasteiger partial charge is 0.454 e. The highest BCUT2D eigenvalue weighted by molar-refractivity contribution is 7.90. The van der Waals surface area contributed by atoms with E-state index in [4.69, 9.17) is 9.26 Å². The van der Waals surface area contributed by atoms with E-state index in [1.807, 2.05) is 17.5 Å². The maximum Gasteiger partial charge on any atom is 0.340 e. The Labute approximate surface area is 152 Å². The fraction of sp³-hybridized carbons (Fsp3) is 0.200. The van der Waals surface area contributed by atoms with Crippen LogP contribution in [0, 0.1) is 0 Å². The Bertz CT molecular complexity index is 1030. The molecule has 2 aromatic rings. The number of fused-ring (bicyclic) bond motifs is 1. The number of hydrogen-bond acceptors (Lipinski definition) is 9. The summed E-state index contributed by atoms with van der Waals surface area (Å²) in [5.41, 5.74) is 0.283. The summed E-state index contributed by atoms with van der Waals surface area (Å²) >= 11 is 1.47. The highest BCUT2D eigenvalue weighted by atomic mass is 32.2. The van der Waals surface area contributed by atoms with Gasteiger partial charge in [0.05, 0.1) is 16.2 Å². The Morgan fingerprint density at radius 3 is 3.08 bits per heavy atom. The number of carbonyl (C=O) groups is 1. The zero-order chi connectivity index (χ0) is 18.1. The van der Waals surface area contributed by atoms with E-state index in [0.717, 1.165) is 4.88 Å². The molecular weight excluding hydrogens is 380 g/mol. The smallest absolute Gasteiger partial charge is 0.340 e. The van der Waals surface area contributed by atoms with Crippen LogP contribution in [0.5, 0.6) is 0 Å². The van der Waals surface area contributed by atoms with Crippen molar-refractivity contribution in [2.75, 3.05) is 12.3 Å². The Morgan fingerprint density at radius 1 is 1.38 bits per heavy atom. The Balaban J connectivity index is 1.40. The van der Waals surface area contributed by atoms with E-state index >= 15 is 0 Å². The molecule has 11 heteroatoms. The molecule has 0 saturated heterocycles. The summed E-state index contributed by atoms with van der Waals surface area (Å²) in [6.45, 7) is 0.103. The second kappa shape index (κ2) is 6.50. The number of carbonyl (C=O) groups excluding carboxylic acids is 1. The van der Waals surface area contributed by atoms with Gasteiger partial charge in [-0.3, -0.25) is 0 Å². The first-order chi connectivity index (χ1) is 12.5. The lowest BCUT2D eigenvalue weighted by Crippen LogP contribution is -2.37. The van der Waals surface area contributed by atoms with Gasteiger partial charge in [-0.05, 0) is 23.6 Å². The molecule has 26 heavy (non-hydrogen) atoms. The first-order valence-corrected chi connectivity index (χ1v) is 10.0. The van der Waals surface area contributed by atoms with Crippen molar-refractivity contribution in [3.8, 4) is 10.8 Å². The van der Waals surface area contributed by atoms with Crippen LogP contribution in [0.15, 0.2) is 50.4 Å². The van der Waals surface area contributed by atoms with Crippen LogP contribution in [0.25, 0.3) is 10.8 Å². The minimum atomic E-state index is -3.43. The molecule has 9 nitrogen and oxygen atoms in total. The second-order valence-electron chi connectivity index (χ2n) is 5.42. The first kappa shape index (κ1) is 16.7. The van der Waals surface area contributed by atoms with Gasteiger partial charge in [-0.25, -0.2) is 13.2 Å². The van der Waals surface area contributed by atoms with Gasteiger partial charge in [-0.15, -0.1) is 15.7 Å². The van der Waals surface area contributed by atoms with Crippen molar-refractivity contribution in [1.29, 1.82) is 0 Å². The van der Waals surface area contributed by atoms with Gasteiger partial charge < -0.3 is 14.2 Å². The summed E-state index contributed by atoms with van der Waals surface area (Å²) in [5, 5.41) is 5.67. The lowest BCUT2D eigenvalue weighted by Gasteiger charge is -2.26. The summed E-state index contributed by atoms with van der Waals surface area (Å²) in [7, 11) is -3.43. The molecule has 0 bridgehead atoms. The average Bonchev–Trinajstić information content (AvgIpc) is 3.30. The van der Waals surface area contributed by atoms with Gasteiger partial charge in [0.15, 0.2) is 6.61 Å². The minimum Gasteiger partial charge on any atom is -0.454 e. The van der Waals surface area contributed by atoms with Crippen LogP contribution in [0.3, 0.4) is 0 Å². The summed E-state index contributed by atoms with van der Waals surface area (Å²) in [6, 6.07) is 3.72. The Kier molecular flexibility index (Phi) is 4.17. The maximum absolute atomic E-state index is 12.2. The first-order valence-electron chi connectivity index (χ1n) is 7.53. The minimum absolute atomic E-state index is 0.0997. The fourth-order valence-electron chi connectivity index (χ4n) is 2.35. The number of esters is 1. The summed E-state index contributed by atoms with van der Waals surface area (Å²) in [4.78, 5) is 18.8. The van der Waals surface area contributed by atoms with Crippen molar-refractivity contribution >= 4 is 33.2 Å². The van der Waals surface area contributed by atoms with E-state index in [2.05, 4.69) is 14.5 Å². The Hall–Kier alpha value is -2.79. The molecule has 4 heterocycles. The van der Waals surface area contributed by atoms with Gasteiger partial charge >= 0.3 is 5.97 Å². The molecule has 0 radical (unpaired) electrons. The molecule has 0 N–H and O–H groups in total. The van der Waals surface area contributed by atoms with E-state index in [-0.39, 0.29) is 36.1 Å². The van der Waals surface area contributed by atoms with Gasteiger partial charge in [0.1, 0.15) is 5.84 Å². The normalized spacial score (nSPS) is 18.1. The maximum atomic E-state index is 12.2. The predicted octanol–water partition coefficient (Wildman–Crippen LogP) is 1.34. The van der Waals surface area contributed by atoms with Crippen molar-refractivity contribution in [1.82, 2.24) is 15.0 Å². The lowest BCUT2D eigenvalue weighted by molar-refractivity contribution is -0.140. The molecule has 0 saturated carbocycles. The molecule has 0 aliphatic carbocycles. The monoisotopic (exact) mass is 392 g/mol. The number of hydrogen-bond donors (Lipinski definition) is 0. The SMILES string of the molecule is O=C(OCc1noc(-c2cccs2)n1)C1=CN2CCS(=O)(=O)N=C2C=C1. The van der Waals surface area contributed by atoms with Gasteiger partial charge in [0.2, 0.25) is 5.82 Å². The zero-order valence-corrected chi connectivity index (χ0v) is 14.9. The molecule has 0 aromatic carbocycles. The van der Waals surface area contributed by atoms with Gasteiger partial charge in [0.25, 0.3) is 15.9 Å². The fourth-order valence-corrected chi connectivity index (χ4v) is 3.96. The number of aromatic nitrogens is 2. The van der Waals surface area contributed by atoms with Crippen LogP contribution in [-0.2, 0) is 26.2 Å². The van der Waals surface area contributed by atoms with Gasteiger partial charge in [-0.2, -0.15) is 4.98 Å². The molecule has 0 amide bonds. The summed E-state index contributed by atoms with van der Waals surface area (Å²) in [5.74, 6) is 0.242. The lowest BCUT2D eigenvalue weighted by atomic mass is 10.2. The molecule has 0 fully saturated rings. The predicted molar refractivity (Wildman–Crippen MR) is 92.6 cm³/mol. The molecule has 2 aliphatic heterocycles. The van der Waals surface area contributed by atoms with E-state index in [0.29, 0.717) is 5.89 Å². The average molecular weight is 392 g/mol. The molecule has 0 atom stereocenters.